The quantitative estimate of drug-likeness (QED) is 0.878. The number of hydrogen-bond donors (Lipinski definition) is 2. The van der Waals surface area contributed by atoms with Crippen LogP contribution in [0.1, 0.15) is 38.5 Å². The number of benzene rings is 1. The van der Waals surface area contributed by atoms with Gasteiger partial charge in [-0.1, -0.05) is 12.1 Å². The van der Waals surface area contributed by atoms with Crippen molar-refractivity contribution < 1.29 is 14.6 Å². The Morgan fingerprint density at radius 3 is 2.35 bits per heavy atom. The van der Waals surface area contributed by atoms with Gasteiger partial charge in [-0.3, -0.25) is 4.79 Å². The molecule has 0 aliphatic heterocycles. The second-order valence-electron chi connectivity index (χ2n) is 7.95. The lowest BCUT2D eigenvalue weighted by Crippen LogP contribution is -2.51. The van der Waals surface area contributed by atoms with Gasteiger partial charge >= 0.3 is 0 Å². The van der Waals surface area contributed by atoms with E-state index in [1.54, 1.807) is 24.3 Å². The fraction of sp³-hybridized carbons (Fsp3) is 0.632. The fourth-order valence-electron chi connectivity index (χ4n) is 5.57. The third kappa shape index (κ3) is 3.04. The minimum atomic E-state index is -0.0935. The van der Waals surface area contributed by atoms with Crippen LogP contribution < -0.4 is 10.1 Å². The number of ether oxygens (including phenoxy) is 1. The molecule has 1 aromatic rings. The van der Waals surface area contributed by atoms with Gasteiger partial charge in [0.2, 0.25) is 0 Å². The third-order valence-corrected chi connectivity index (χ3v) is 6.05. The van der Waals surface area contributed by atoms with Gasteiger partial charge in [0.05, 0.1) is 0 Å². The zero-order valence-corrected chi connectivity index (χ0v) is 13.5. The highest BCUT2D eigenvalue weighted by atomic mass is 16.5. The summed E-state index contributed by atoms with van der Waals surface area (Å²) in [6.45, 7) is 0.753. The predicted molar refractivity (Wildman–Crippen MR) is 87.2 cm³/mol. The average molecular weight is 315 g/mol. The first-order valence-electron chi connectivity index (χ1n) is 8.79. The van der Waals surface area contributed by atoms with Crippen molar-refractivity contribution in [2.45, 2.75) is 38.5 Å². The Morgan fingerprint density at radius 2 is 1.74 bits per heavy atom. The second kappa shape index (κ2) is 5.73. The zero-order valence-electron chi connectivity index (χ0n) is 13.5. The smallest absolute Gasteiger partial charge is 0.257 e. The number of nitrogens with one attached hydrogen (secondary N) is 1. The summed E-state index contributed by atoms with van der Waals surface area (Å²) >= 11 is 0. The minimum absolute atomic E-state index is 0.0378. The molecule has 4 fully saturated rings. The number of aromatic hydroxyl groups is 1. The van der Waals surface area contributed by atoms with Crippen LogP contribution >= 0.6 is 0 Å². The number of carbonyl (C=O) groups excluding carboxylic acids is 1. The number of rotatable bonds is 5. The molecule has 0 atom stereocenters. The number of phenols is 1. The van der Waals surface area contributed by atoms with Gasteiger partial charge in [-0.2, -0.15) is 0 Å². The van der Waals surface area contributed by atoms with Crippen molar-refractivity contribution in [3.63, 3.8) is 0 Å². The second-order valence-corrected chi connectivity index (χ2v) is 7.95. The number of amides is 1. The van der Waals surface area contributed by atoms with E-state index in [0.29, 0.717) is 11.2 Å². The van der Waals surface area contributed by atoms with Crippen molar-refractivity contribution in [3.8, 4) is 11.5 Å². The molecule has 4 nitrogen and oxygen atoms in total. The molecule has 2 N–H and O–H groups in total. The summed E-state index contributed by atoms with van der Waals surface area (Å²) in [7, 11) is 0. The van der Waals surface area contributed by atoms with Crippen molar-refractivity contribution >= 4 is 5.91 Å². The van der Waals surface area contributed by atoms with Gasteiger partial charge in [-0.25, -0.2) is 0 Å². The molecule has 0 aromatic heterocycles. The van der Waals surface area contributed by atoms with E-state index in [4.69, 9.17) is 4.74 Å². The molecule has 1 aromatic carbocycles. The van der Waals surface area contributed by atoms with Crippen molar-refractivity contribution in [1.29, 1.82) is 0 Å². The fourth-order valence-corrected chi connectivity index (χ4v) is 5.57. The Morgan fingerprint density at radius 1 is 1.13 bits per heavy atom. The molecule has 124 valence electrons. The standard InChI is InChI=1S/C19H25NO3/c21-16-3-1-2-4-17(16)23-11-18(22)20-12-19-8-13-5-14(9-19)7-15(6-13)10-19/h1-4,13-15,21H,5-12H2,(H,20,22). The van der Waals surface area contributed by atoms with Crippen LogP contribution in [0.2, 0.25) is 0 Å². The molecule has 4 saturated carbocycles. The van der Waals surface area contributed by atoms with Crippen molar-refractivity contribution in [1.82, 2.24) is 5.32 Å². The molecule has 0 saturated heterocycles. The normalized spacial score (nSPS) is 34.3. The lowest BCUT2D eigenvalue weighted by Gasteiger charge is -2.56. The van der Waals surface area contributed by atoms with Crippen LogP contribution in [0.3, 0.4) is 0 Å². The summed E-state index contributed by atoms with van der Waals surface area (Å²) in [4.78, 5) is 12.1. The first-order chi connectivity index (χ1) is 11.1. The van der Waals surface area contributed by atoms with E-state index in [0.717, 1.165) is 24.3 Å². The van der Waals surface area contributed by atoms with Crippen LogP contribution in [0.25, 0.3) is 0 Å². The van der Waals surface area contributed by atoms with Crippen molar-refractivity contribution in [2.24, 2.45) is 23.2 Å². The molecule has 23 heavy (non-hydrogen) atoms. The van der Waals surface area contributed by atoms with E-state index in [1.807, 2.05) is 0 Å². The van der Waals surface area contributed by atoms with Crippen molar-refractivity contribution in [3.05, 3.63) is 24.3 Å². The molecule has 0 radical (unpaired) electrons. The summed E-state index contributed by atoms with van der Waals surface area (Å²) < 4.78 is 5.41. The maximum absolute atomic E-state index is 12.1. The molecule has 5 rings (SSSR count). The average Bonchev–Trinajstić information content (AvgIpc) is 2.51. The Hall–Kier alpha value is -1.71. The van der Waals surface area contributed by atoms with Gasteiger partial charge in [-0.15, -0.1) is 0 Å². The van der Waals surface area contributed by atoms with E-state index < -0.39 is 0 Å². The molecule has 0 unspecified atom stereocenters. The van der Waals surface area contributed by atoms with Crippen LogP contribution in [0.4, 0.5) is 0 Å². The highest BCUT2D eigenvalue weighted by molar-refractivity contribution is 5.77. The van der Waals surface area contributed by atoms with Gasteiger partial charge in [-0.05, 0) is 73.8 Å². The zero-order chi connectivity index (χ0) is 15.9. The topological polar surface area (TPSA) is 58.6 Å². The Bertz CT molecular complexity index is 563. The van der Waals surface area contributed by atoms with Crippen LogP contribution in [0.15, 0.2) is 24.3 Å². The molecule has 4 aliphatic carbocycles. The van der Waals surface area contributed by atoms with Crippen LogP contribution in [0.5, 0.6) is 11.5 Å². The van der Waals surface area contributed by atoms with Gasteiger partial charge in [0.15, 0.2) is 18.1 Å². The molecule has 4 bridgehead atoms. The molecular weight excluding hydrogens is 290 g/mol. The maximum Gasteiger partial charge on any atom is 0.257 e. The Labute approximate surface area is 137 Å². The molecule has 4 aliphatic rings. The Balaban J connectivity index is 1.29. The number of carbonyl (C=O) groups is 1. The summed E-state index contributed by atoms with van der Waals surface area (Å²) in [5, 5.41) is 12.7. The van der Waals surface area contributed by atoms with Gasteiger partial charge in [0.25, 0.3) is 5.91 Å². The summed E-state index contributed by atoms with van der Waals surface area (Å²) in [6, 6.07) is 6.74. The maximum atomic E-state index is 12.1. The van der Waals surface area contributed by atoms with Crippen LogP contribution in [-0.4, -0.2) is 24.2 Å². The van der Waals surface area contributed by atoms with E-state index in [1.165, 1.54) is 38.5 Å². The largest absolute Gasteiger partial charge is 0.504 e. The van der Waals surface area contributed by atoms with Crippen LogP contribution in [-0.2, 0) is 4.79 Å². The lowest BCUT2D eigenvalue weighted by molar-refractivity contribution is -0.125. The van der Waals surface area contributed by atoms with Crippen molar-refractivity contribution in [2.75, 3.05) is 13.2 Å². The van der Waals surface area contributed by atoms with E-state index in [-0.39, 0.29) is 18.3 Å². The molecule has 0 heterocycles. The monoisotopic (exact) mass is 315 g/mol. The number of para-hydroxylation sites is 2. The first kappa shape index (κ1) is 14.9. The SMILES string of the molecule is O=C(COc1ccccc1O)NCC12CC3CC(CC(C3)C1)C2. The van der Waals surface area contributed by atoms with E-state index in [9.17, 15) is 9.90 Å². The summed E-state index contributed by atoms with van der Waals surface area (Å²) in [5.74, 6) is 3.03. The number of phenolic OH excluding ortho intramolecular Hbond substituents is 1. The van der Waals surface area contributed by atoms with E-state index >= 15 is 0 Å². The third-order valence-electron chi connectivity index (χ3n) is 6.05. The molecule has 4 heteroatoms. The number of hydrogen-bond acceptors (Lipinski definition) is 3. The molecule has 1 amide bonds. The highest BCUT2D eigenvalue weighted by Crippen LogP contribution is 2.59. The summed E-state index contributed by atoms with van der Waals surface area (Å²) in [5.41, 5.74) is 0.347. The predicted octanol–water partition coefficient (Wildman–Crippen LogP) is 3.10. The Kier molecular flexibility index (Phi) is 3.70. The van der Waals surface area contributed by atoms with Gasteiger partial charge < -0.3 is 15.2 Å². The molecule has 0 spiro atoms. The highest BCUT2D eigenvalue weighted by Gasteiger charge is 2.50. The summed E-state index contributed by atoms with van der Waals surface area (Å²) in [6.07, 6.45) is 8.13. The lowest BCUT2D eigenvalue weighted by atomic mass is 9.49. The molecular formula is C19H25NO3. The van der Waals surface area contributed by atoms with Gasteiger partial charge in [0.1, 0.15) is 0 Å². The first-order valence-corrected chi connectivity index (χ1v) is 8.79. The van der Waals surface area contributed by atoms with Crippen LogP contribution in [0, 0.1) is 23.2 Å². The van der Waals surface area contributed by atoms with E-state index in [2.05, 4.69) is 5.32 Å². The minimum Gasteiger partial charge on any atom is -0.504 e. The van der Waals surface area contributed by atoms with Gasteiger partial charge in [0, 0.05) is 6.54 Å².